The topological polar surface area (TPSA) is 12.0 Å². The minimum atomic E-state index is 0.777. The Hall–Kier alpha value is -0.300. The van der Waals surface area contributed by atoms with Gasteiger partial charge in [-0.2, -0.15) is 0 Å². The molecule has 1 fully saturated rings. The average molecular weight is 167 g/mol. The SMILES string of the molecule is C=CCCC1CCCCC1NC. The molecule has 0 spiro atoms. The first-order valence-electron chi connectivity index (χ1n) is 5.16. The molecular formula is C11H21N. The van der Waals surface area contributed by atoms with E-state index in [-0.39, 0.29) is 0 Å². The first kappa shape index (κ1) is 9.79. The van der Waals surface area contributed by atoms with Gasteiger partial charge in [-0.05, 0) is 38.6 Å². The lowest BCUT2D eigenvalue weighted by atomic mass is 9.82. The summed E-state index contributed by atoms with van der Waals surface area (Å²) < 4.78 is 0. The van der Waals surface area contributed by atoms with Crippen LogP contribution in [0.15, 0.2) is 12.7 Å². The fraction of sp³-hybridized carbons (Fsp3) is 0.818. The third kappa shape index (κ3) is 2.63. The van der Waals surface area contributed by atoms with Gasteiger partial charge in [-0.3, -0.25) is 0 Å². The lowest BCUT2D eigenvalue weighted by Gasteiger charge is -2.31. The Morgan fingerprint density at radius 2 is 2.17 bits per heavy atom. The Kier molecular flexibility index (Phi) is 4.37. The Balaban J connectivity index is 2.30. The van der Waals surface area contributed by atoms with Crippen molar-refractivity contribution in [3.8, 4) is 0 Å². The van der Waals surface area contributed by atoms with Crippen LogP contribution >= 0.6 is 0 Å². The van der Waals surface area contributed by atoms with Crippen LogP contribution in [0.25, 0.3) is 0 Å². The number of hydrogen-bond donors (Lipinski definition) is 1. The van der Waals surface area contributed by atoms with E-state index in [1.165, 1.54) is 38.5 Å². The Morgan fingerprint density at radius 1 is 1.42 bits per heavy atom. The zero-order chi connectivity index (χ0) is 8.81. The van der Waals surface area contributed by atoms with Gasteiger partial charge in [0.2, 0.25) is 0 Å². The maximum atomic E-state index is 3.78. The molecule has 0 aromatic heterocycles. The molecule has 12 heavy (non-hydrogen) atoms. The molecule has 0 saturated heterocycles. The third-order valence-corrected chi connectivity index (χ3v) is 3.02. The summed E-state index contributed by atoms with van der Waals surface area (Å²) in [7, 11) is 2.09. The van der Waals surface area contributed by atoms with E-state index in [9.17, 15) is 0 Å². The van der Waals surface area contributed by atoms with E-state index in [1.807, 2.05) is 6.08 Å². The molecule has 0 heterocycles. The highest BCUT2D eigenvalue weighted by Crippen LogP contribution is 2.27. The summed E-state index contributed by atoms with van der Waals surface area (Å²) in [4.78, 5) is 0. The van der Waals surface area contributed by atoms with Gasteiger partial charge in [-0.1, -0.05) is 18.9 Å². The van der Waals surface area contributed by atoms with Gasteiger partial charge in [0.15, 0.2) is 0 Å². The van der Waals surface area contributed by atoms with Crippen molar-refractivity contribution in [2.24, 2.45) is 5.92 Å². The van der Waals surface area contributed by atoms with Crippen molar-refractivity contribution in [1.29, 1.82) is 0 Å². The summed E-state index contributed by atoms with van der Waals surface area (Å²) in [5.41, 5.74) is 0. The van der Waals surface area contributed by atoms with Gasteiger partial charge in [-0.15, -0.1) is 6.58 Å². The van der Waals surface area contributed by atoms with E-state index in [1.54, 1.807) is 0 Å². The molecule has 0 aliphatic heterocycles. The van der Waals surface area contributed by atoms with Crippen LogP contribution in [0.5, 0.6) is 0 Å². The summed E-state index contributed by atoms with van der Waals surface area (Å²) in [6, 6.07) is 0.777. The maximum absolute atomic E-state index is 3.78. The molecular weight excluding hydrogens is 146 g/mol. The summed E-state index contributed by atoms with van der Waals surface area (Å²) in [5, 5.41) is 3.43. The maximum Gasteiger partial charge on any atom is 0.00924 e. The van der Waals surface area contributed by atoms with E-state index >= 15 is 0 Å². The standard InChI is InChI=1S/C11H21N/c1-3-4-7-10-8-5-6-9-11(10)12-2/h3,10-12H,1,4-9H2,2H3. The van der Waals surface area contributed by atoms with Gasteiger partial charge in [0.25, 0.3) is 0 Å². The second-order valence-electron chi connectivity index (χ2n) is 3.81. The van der Waals surface area contributed by atoms with Crippen LogP contribution in [-0.2, 0) is 0 Å². The van der Waals surface area contributed by atoms with Crippen LogP contribution in [0.1, 0.15) is 38.5 Å². The van der Waals surface area contributed by atoms with E-state index in [0.717, 1.165) is 12.0 Å². The largest absolute Gasteiger partial charge is 0.317 e. The van der Waals surface area contributed by atoms with E-state index < -0.39 is 0 Å². The molecule has 1 N–H and O–H groups in total. The zero-order valence-corrected chi connectivity index (χ0v) is 8.18. The third-order valence-electron chi connectivity index (χ3n) is 3.02. The van der Waals surface area contributed by atoms with Crippen molar-refractivity contribution >= 4 is 0 Å². The number of rotatable bonds is 4. The van der Waals surface area contributed by atoms with Crippen LogP contribution in [0.2, 0.25) is 0 Å². The van der Waals surface area contributed by atoms with Gasteiger partial charge >= 0.3 is 0 Å². The van der Waals surface area contributed by atoms with Crippen molar-refractivity contribution in [2.75, 3.05) is 7.05 Å². The van der Waals surface area contributed by atoms with Crippen LogP contribution in [0.3, 0.4) is 0 Å². The summed E-state index contributed by atoms with van der Waals surface area (Å²) in [6.07, 6.45) is 10.2. The van der Waals surface area contributed by atoms with Crippen molar-refractivity contribution < 1.29 is 0 Å². The van der Waals surface area contributed by atoms with Gasteiger partial charge in [0.05, 0.1) is 0 Å². The molecule has 1 aliphatic carbocycles. The van der Waals surface area contributed by atoms with Crippen LogP contribution < -0.4 is 5.32 Å². The molecule has 0 radical (unpaired) electrons. The molecule has 1 saturated carbocycles. The smallest absolute Gasteiger partial charge is 0.00924 e. The average Bonchev–Trinajstić information content (AvgIpc) is 2.15. The molecule has 1 rings (SSSR count). The number of nitrogens with one attached hydrogen (secondary N) is 1. The van der Waals surface area contributed by atoms with Crippen LogP contribution in [-0.4, -0.2) is 13.1 Å². The highest BCUT2D eigenvalue weighted by molar-refractivity contribution is 4.81. The molecule has 1 nitrogen and oxygen atoms in total. The van der Waals surface area contributed by atoms with Crippen molar-refractivity contribution in [3.63, 3.8) is 0 Å². The molecule has 2 unspecified atom stereocenters. The molecule has 2 atom stereocenters. The minimum Gasteiger partial charge on any atom is -0.317 e. The van der Waals surface area contributed by atoms with Crippen LogP contribution in [0.4, 0.5) is 0 Å². The van der Waals surface area contributed by atoms with E-state index in [0.29, 0.717) is 0 Å². The first-order chi connectivity index (χ1) is 5.88. The van der Waals surface area contributed by atoms with Crippen molar-refractivity contribution in [2.45, 2.75) is 44.6 Å². The van der Waals surface area contributed by atoms with Gasteiger partial charge in [0, 0.05) is 6.04 Å². The molecule has 1 heteroatoms. The Labute approximate surface area is 76.2 Å². The lowest BCUT2D eigenvalue weighted by Crippen LogP contribution is -2.35. The van der Waals surface area contributed by atoms with Gasteiger partial charge < -0.3 is 5.32 Å². The summed E-state index contributed by atoms with van der Waals surface area (Å²) in [6.45, 7) is 3.78. The highest BCUT2D eigenvalue weighted by Gasteiger charge is 2.22. The zero-order valence-electron chi connectivity index (χ0n) is 8.18. The normalized spacial score (nSPS) is 30.1. The second-order valence-corrected chi connectivity index (χ2v) is 3.81. The minimum absolute atomic E-state index is 0.777. The molecule has 0 aromatic carbocycles. The molecule has 70 valence electrons. The van der Waals surface area contributed by atoms with Crippen molar-refractivity contribution in [3.05, 3.63) is 12.7 Å². The monoisotopic (exact) mass is 167 g/mol. The second kappa shape index (κ2) is 5.36. The van der Waals surface area contributed by atoms with E-state index in [4.69, 9.17) is 0 Å². The quantitative estimate of drug-likeness (QED) is 0.635. The van der Waals surface area contributed by atoms with E-state index in [2.05, 4.69) is 18.9 Å². The molecule has 1 aliphatic rings. The number of hydrogen-bond acceptors (Lipinski definition) is 1. The number of allylic oxidation sites excluding steroid dienone is 1. The van der Waals surface area contributed by atoms with Gasteiger partial charge in [-0.25, -0.2) is 0 Å². The van der Waals surface area contributed by atoms with Crippen LogP contribution in [0, 0.1) is 5.92 Å². The predicted octanol–water partition coefficient (Wildman–Crippen LogP) is 2.73. The molecule has 0 aromatic rings. The summed E-state index contributed by atoms with van der Waals surface area (Å²) in [5.74, 6) is 0.904. The molecule has 0 bridgehead atoms. The van der Waals surface area contributed by atoms with Crippen molar-refractivity contribution in [1.82, 2.24) is 5.32 Å². The van der Waals surface area contributed by atoms with Gasteiger partial charge in [0.1, 0.15) is 0 Å². The lowest BCUT2D eigenvalue weighted by molar-refractivity contribution is 0.261. The Bertz CT molecular complexity index is 131. The fourth-order valence-electron chi connectivity index (χ4n) is 2.27. The summed E-state index contributed by atoms with van der Waals surface area (Å²) >= 11 is 0. The highest BCUT2D eigenvalue weighted by atomic mass is 14.9. The molecule has 0 amide bonds. The first-order valence-corrected chi connectivity index (χ1v) is 5.16. The predicted molar refractivity (Wildman–Crippen MR) is 54.2 cm³/mol. The Morgan fingerprint density at radius 3 is 2.83 bits per heavy atom. The fourth-order valence-corrected chi connectivity index (χ4v) is 2.27.